The van der Waals surface area contributed by atoms with Crippen molar-refractivity contribution in [3.05, 3.63) is 17.7 Å². The van der Waals surface area contributed by atoms with Gasteiger partial charge in [0.05, 0.1) is 6.61 Å². The van der Waals surface area contributed by atoms with Crippen LogP contribution in [-0.2, 0) is 24.3 Å². The van der Waals surface area contributed by atoms with Crippen LogP contribution in [0.3, 0.4) is 0 Å². The van der Waals surface area contributed by atoms with Crippen LogP contribution in [0.4, 0.5) is 0 Å². The molecule has 0 bridgehead atoms. The number of nitrogens with zero attached hydrogens (tertiary/aromatic N) is 2. The molecule has 0 fully saturated rings. The second-order valence-electron chi connectivity index (χ2n) is 2.91. The van der Waals surface area contributed by atoms with Gasteiger partial charge in [-0.3, -0.25) is 0 Å². The van der Waals surface area contributed by atoms with Gasteiger partial charge in [0, 0.05) is 24.9 Å². The summed E-state index contributed by atoms with van der Waals surface area (Å²) in [6, 6.07) is 0. The molecule has 0 saturated heterocycles. The molecule has 2 N–H and O–H groups in total. The lowest BCUT2D eigenvalue weighted by molar-refractivity contribution is 0.0807. The Hall–Kier alpha value is -0.870. The van der Waals surface area contributed by atoms with Crippen molar-refractivity contribution in [3.8, 4) is 0 Å². The lowest BCUT2D eigenvalue weighted by Gasteiger charge is -2.16. The van der Waals surface area contributed by atoms with Crippen molar-refractivity contribution in [1.82, 2.24) is 9.55 Å². The molecule has 0 aliphatic carbocycles. The van der Waals surface area contributed by atoms with Crippen molar-refractivity contribution in [2.75, 3.05) is 13.2 Å². The molecule has 0 spiro atoms. The van der Waals surface area contributed by atoms with Gasteiger partial charge < -0.3 is 15.0 Å². The molecule has 2 heterocycles. The number of fused-ring (bicyclic) bond motifs is 1. The van der Waals surface area contributed by atoms with Gasteiger partial charge in [-0.1, -0.05) is 0 Å². The van der Waals surface area contributed by atoms with Gasteiger partial charge in [0.2, 0.25) is 0 Å². The molecule has 4 nitrogen and oxygen atoms in total. The monoisotopic (exact) mass is 167 g/mol. The van der Waals surface area contributed by atoms with Crippen molar-refractivity contribution in [1.29, 1.82) is 0 Å². The van der Waals surface area contributed by atoms with Crippen molar-refractivity contribution in [2.45, 2.75) is 19.6 Å². The molecular weight excluding hydrogens is 154 g/mol. The molecule has 2 rings (SSSR count). The van der Waals surface area contributed by atoms with E-state index in [1.807, 2.05) is 6.20 Å². The Morgan fingerprint density at radius 1 is 1.67 bits per heavy atom. The SMILES string of the molecule is NCCc1cnc2n1CCOC2. The first kappa shape index (κ1) is 7.76. The molecule has 0 radical (unpaired) electrons. The summed E-state index contributed by atoms with van der Waals surface area (Å²) in [6.07, 6.45) is 2.81. The van der Waals surface area contributed by atoms with Crippen LogP contribution in [0.2, 0.25) is 0 Å². The van der Waals surface area contributed by atoms with Crippen LogP contribution in [-0.4, -0.2) is 22.7 Å². The largest absolute Gasteiger partial charge is 0.372 e. The Labute approximate surface area is 71.3 Å². The van der Waals surface area contributed by atoms with Gasteiger partial charge in [0.1, 0.15) is 12.4 Å². The van der Waals surface area contributed by atoms with E-state index in [9.17, 15) is 0 Å². The average molecular weight is 167 g/mol. The zero-order valence-electron chi connectivity index (χ0n) is 6.99. The second kappa shape index (κ2) is 3.25. The number of aromatic nitrogens is 2. The molecular formula is C8H13N3O. The zero-order valence-corrected chi connectivity index (χ0v) is 6.99. The fraction of sp³-hybridized carbons (Fsp3) is 0.625. The third-order valence-electron chi connectivity index (χ3n) is 2.11. The van der Waals surface area contributed by atoms with Crippen LogP contribution in [0.5, 0.6) is 0 Å². The standard InChI is InChI=1S/C8H13N3O/c9-2-1-7-5-10-8-6-12-4-3-11(7)8/h5H,1-4,6,9H2. The number of ether oxygens (including phenoxy) is 1. The van der Waals surface area contributed by atoms with Crippen LogP contribution < -0.4 is 5.73 Å². The third-order valence-corrected chi connectivity index (χ3v) is 2.11. The summed E-state index contributed by atoms with van der Waals surface area (Å²) in [4.78, 5) is 4.26. The Morgan fingerprint density at radius 2 is 2.58 bits per heavy atom. The van der Waals surface area contributed by atoms with Gasteiger partial charge in [-0.05, 0) is 6.54 Å². The molecule has 1 aromatic rings. The van der Waals surface area contributed by atoms with E-state index in [0.717, 1.165) is 25.4 Å². The fourth-order valence-electron chi connectivity index (χ4n) is 1.51. The van der Waals surface area contributed by atoms with Crippen molar-refractivity contribution in [3.63, 3.8) is 0 Å². The van der Waals surface area contributed by atoms with Crippen molar-refractivity contribution in [2.24, 2.45) is 5.73 Å². The summed E-state index contributed by atoms with van der Waals surface area (Å²) in [5.74, 6) is 1.03. The lowest BCUT2D eigenvalue weighted by Crippen LogP contribution is -2.19. The molecule has 66 valence electrons. The zero-order chi connectivity index (χ0) is 8.39. The van der Waals surface area contributed by atoms with Gasteiger partial charge in [-0.15, -0.1) is 0 Å². The summed E-state index contributed by atoms with van der Waals surface area (Å²) in [5, 5.41) is 0. The van der Waals surface area contributed by atoms with Crippen LogP contribution in [0.25, 0.3) is 0 Å². The van der Waals surface area contributed by atoms with Crippen LogP contribution in [0, 0.1) is 0 Å². The molecule has 0 amide bonds. The van der Waals surface area contributed by atoms with E-state index >= 15 is 0 Å². The Morgan fingerprint density at radius 3 is 3.42 bits per heavy atom. The quantitative estimate of drug-likeness (QED) is 0.670. The maximum atomic E-state index is 5.48. The normalized spacial score (nSPS) is 16.1. The summed E-state index contributed by atoms with van der Waals surface area (Å²) in [5.41, 5.74) is 6.71. The van der Waals surface area contributed by atoms with E-state index in [-0.39, 0.29) is 0 Å². The highest BCUT2D eigenvalue weighted by Crippen LogP contribution is 2.11. The van der Waals surface area contributed by atoms with E-state index in [2.05, 4.69) is 9.55 Å². The molecule has 4 heteroatoms. The molecule has 1 aromatic heterocycles. The first-order valence-corrected chi connectivity index (χ1v) is 4.23. The first-order valence-electron chi connectivity index (χ1n) is 4.23. The van der Waals surface area contributed by atoms with E-state index in [4.69, 9.17) is 10.5 Å². The minimum Gasteiger partial charge on any atom is -0.372 e. The van der Waals surface area contributed by atoms with E-state index < -0.39 is 0 Å². The predicted molar refractivity (Wildman–Crippen MR) is 44.6 cm³/mol. The van der Waals surface area contributed by atoms with Crippen LogP contribution in [0.15, 0.2) is 6.20 Å². The molecule has 1 aliphatic rings. The maximum absolute atomic E-state index is 5.48. The number of imidazole rings is 1. The molecule has 0 atom stereocenters. The minimum absolute atomic E-state index is 0.643. The highest BCUT2D eigenvalue weighted by Gasteiger charge is 2.12. The van der Waals surface area contributed by atoms with Gasteiger partial charge in [0.25, 0.3) is 0 Å². The van der Waals surface area contributed by atoms with E-state index in [1.54, 1.807) is 0 Å². The maximum Gasteiger partial charge on any atom is 0.135 e. The van der Waals surface area contributed by atoms with Crippen LogP contribution in [0.1, 0.15) is 11.5 Å². The number of nitrogens with two attached hydrogens (primary N) is 1. The van der Waals surface area contributed by atoms with Crippen LogP contribution >= 0.6 is 0 Å². The van der Waals surface area contributed by atoms with E-state index in [0.29, 0.717) is 13.2 Å². The third kappa shape index (κ3) is 1.23. The number of rotatable bonds is 2. The highest BCUT2D eigenvalue weighted by molar-refractivity contribution is 5.06. The number of hydrogen-bond acceptors (Lipinski definition) is 3. The Bertz CT molecular complexity index is 269. The highest BCUT2D eigenvalue weighted by atomic mass is 16.5. The second-order valence-corrected chi connectivity index (χ2v) is 2.91. The summed E-state index contributed by atoms with van der Waals surface area (Å²) in [6.45, 7) is 3.04. The van der Waals surface area contributed by atoms with E-state index in [1.165, 1.54) is 5.69 Å². The minimum atomic E-state index is 0.643. The number of hydrogen-bond donors (Lipinski definition) is 1. The van der Waals surface area contributed by atoms with Gasteiger partial charge >= 0.3 is 0 Å². The summed E-state index contributed by atoms with van der Waals surface area (Å²) in [7, 11) is 0. The molecule has 12 heavy (non-hydrogen) atoms. The fourth-order valence-corrected chi connectivity index (χ4v) is 1.51. The Kier molecular flexibility index (Phi) is 2.10. The summed E-state index contributed by atoms with van der Waals surface area (Å²) >= 11 is 0. The molecule has 0 aromatic carbocycles. The van der Waals surface area contributed by atoms with Gasteiger partial charge in [-0.2, -0.15) is 0 Å². The van der Waals surface area contributed by atoms with Crippen molar-refractivity contribution >= 4 is 0 Å². The molecule has 0 saturated carbocycles. The summed E-state index contributed by atoms with van der Waals surface area (Å²) < 4.78 is 7.48. The predicted octanol–water partition coefficient (Wildman–Crippen LogP) is -0.0855. The molecule has 1 aliphatic heterocycles. The smallest absolute Gasteiger partial charge is 0.135 e. The van der Waals surface area contributed by atoms with Crippen molar-refractivity contribution < 1.29 is 4.74 Å². The Balaban J connectivity index is 2.25. The van der Waals surface area contributed by atoms with Gasteiger partial charge in [-0.25, -0.2) is 4.98 Å². The average Bonchev–Trinajstić information content (AvgIpc) is 2.50. The van der Waals surface area contributed by atoms with Gasteiger partial charge in [0.15, 0.2) is 0 Å². The first-order chi connectivity index (χ1) is 5.92. The lowest BCUT2D eigenvalue weighted by atomic mass is 10.3. The topological polar surface area (TPSA) is 53.1 Å². The molecule has 0 unspecified atom stereocenters.